The van der Waals surface area contributed by atoms with Crippen LogP contribution < -0.4 is 10.6 Å². The highest BCUT2D eigenvalue weighted by Crippen LogP contribution is 2.24. The van der Waals surface area contributed by atoms with E-state index >= 15 is 0 Å². The number of aromatic hydroxyl groups is 1. The molecule has 0 aromatic heterocycles. The molecule has 1 aliphatic rings. The van der Waals surface area contributed by atoms with E-state index in [0.717, 1.165) is 31.9 Å². The molecule has 1 heterocycles. The van der Waals surface area contributed by atoms with Crippen molar-refractivity contribution in [2.75, 3.05) is 31.1 Å². The summed E-state index contributed by atoms with van der Waals surface area (Å²) in [6, 6.07) is 8.20. The Hall–Kier alpha value is -1.26. The Balaban J connectivity index is 1.96. The van der Waals surface area contributed by atoms with Gasteiger partial charge in [0.2, 0.25) is 0 Å². The lowest BCUT2D eigenvalue weighted by atomic mass is 10.0. The Morgan fingerprint density at radius 3 is 2.70 bits per heavy atom. The second kappa shape index (κ2) is 6.46. The Labute approximate surface area is 122 Å². The number of nitrogens with two attached hydrogens (primary N) is 1. The maximum atomic E-state index is 9.61. The molecule has 0 amide bonds. The fourth-order valence-corrected chi connectivity index (χ4v) is 2.76. The molecule has 112 valence electrons. The molecule has 20 heavy (non-hydrogen) atoms. The maximum Gasteiger partial charge on any atom is 0.117 e. The van der Waals surface area contributed by atoms with Gasteiger partial charge in [0, 0.05) is 50.0 Å². The summed E-state index contributed by atoms with van der Waals surface area (Å²) < 4.78 is 0. The van der Waals surface area contributed by atoms with Crippen molar-refractivity contribution in [3.63, 3.8) is 0 Å². The number of hydrogen-bond acceptors (Lipinski definition) is 4. The van der Waals surface area contributed by atoms with Crippen LogP contribution in [0.4, 0.5) is 5.69 Å². The highest BCUT2D eigenvalue weighted by molar-refractivity contribution is 5.51. The SMILES string of the molecule is CC(C)[C@H](N)CN1CCN(c2cccc(O)c2)C(C)C1. The monoisotopic (exact) mass is 277 g/mol. The van der Waals surface area contributed by atoms with Crippen LogP contribution in [0.15, 0.2) is 24.3 Å². The number of phenolic OH excluding ortho intramolecular Hbond substituents is 1. The molecule has 4 heteroatoms. The fraction of sp³-hybridized carbons (Fsp3) is 0.625. The van der Waals surface area contributed by atoms with E-state index in [2.05, 4.69) is 36.6 Å². The number of nitrogens with zero attached hydrogens (tertiary/aromatic N) is 2. The Kier molecular flexibility index (Phi) is 4.89. The lowest BCUT2D eigenvalue weighted by Gasteiger charge is -2.42. The number of benzene rings is 1. The van der Waals surface area contributed by atoms with Gasteiger partial charge in [0.15, 0.2) is 0 Å². The topological polar surface area (TPSA) is 52.7 Å². The molecule has 1 aliphatic heterocycles. The molecule has 1 fully saturated rings. The van der Waals surface area contributed by atoms with Crippen LogP contribution in [0.2, 0.25) is 0 Å². The van der Waals surface area contributed by atoms with E-state index in [-0.39, 0.29) is 6.04 Å². The van der Waals surface area contributed by atoms with Crippen molar-refractivity contribution in [2.24, 2.45) is 11.7 Å². The molecule has 2 atom stereocenters. The lowest BCUT2D eigenvalue weighted by Crippen LogP contribution is -2.55. The van der Waals surface area contributed by atoms with E-state index in [0.29, 0.717) is 17.7 Å². The first-order valence-corrected chi connectivity index (χ1v) is 7.51. The minimum Gasteiger partial charge on any atom is -0.508 e. The van der Waals surface area contributed by atoms with Gasteiger partial charge in [-0.2, -0.15) is 0 Å². The summed E-state index contributed by atoms with van der Waals surface area (Å²) in [7, 11) is 0. The molecular weight excluding hydrogens is 250 g/mol. The fourth-order valence-electron chi connectivity index (χ4n) is 2.76. The van der Waals surface area contributed by atoms with Crippen molar-refractivity contribution in [3.8, 4) is 5.75 Å². The predicted molar refractivity (Wildman–Crippen MR) is 84.2 cm³/mol. The second-order valence-electron chi connectivity index (χ2n) is 6.23. The van der Waals surface area contributed by atoms with Crippen LogP contribution in [0.3, 0.4) is 0 Å². The molecule has 0 aliphatic carbocycles. The van der Waals surface area contributed by atoms with Crippen molar-refractivity contribution in [3.05, 3.63) is 24.3 Å². The minimum atomic E-state index is 0.245. The number of piperazine rings is 1. The summed E-state index contributed by atoms with van der Waals surface area (Å²) >= 11 is 0. The van der Waals surface area contributed by atoms with E-state index in [1.807, 2.05) is 12.1 Å². The molecule has 3 N–H and O–H groups in total. The van der Waals surface area contributed by atoms with Crippen LogP contribution in [0.1, 0.15) is 20.8 Å². The molecule has 1 unspecified atom stereocenters. The van der Waals surface area contributed by atoms with Crippen LogP contribution in [-0.2, 0) is 0 Å². The van der Waals surface area contributed by atoms with E-state index < -0.39 is 0 Å². The lowest BCUT2D eigenvalue weighted by molar-refractivity contribution is 0.203. The number of phenols is 1. The maximum absolute atomic E-state index is 9.61. The standard InChI is InChI=1S/C16H27N3O/c1-12(2)16(17)11-18-7-8-19(13(3)10-18)14-5-4-6-15(20)9-14/h4-6,9,12-13,16,20H,7-8,10-11,17H2,1-3H3/t13?,16-/m1/s1. The first-order chi connectivity index (χ1) is 9.47. The minimum absolute atomic E-state index is 0.245. The third kappa shape index (κ3) is 3.64. The third-order valence-electron chi connectivity index (χ3n) is 4.20. The molecule has 2 rings (SSSR count). The summed E-state index contributed by atoms with van der Waals surface area (Å²) in [5.74, 6) is 0.855. The molecule has 1 saturated heterocycles. The molecule has 0 radical (unpaired) electrons. The van der Waals surface area contributed by atoms with Gasteiger partial charge >= 0.3 is 0 Å². The van der Waals surface area contributed by atoms with Crippen LogP contribution in [0, 0.1) is 5.92 Å². The van der Waals surface area contributed by atoms with E-state index in [9.17, 15) is 5.11 Å². The summed E-state index contributed by atoms with van der Waals surface area (Å²) in [6.07, 6.45) is 0. The number of anilines is 1. The van der Waals surface area contributed by atoms with Gasteiger partial charge in [-0.1, -0.05) is 19.9 Å². The molecule has 1 aromatic carbocycles. The molecule has 1 aromatic rings. The molecule has 4 nitrogen and oxygen atoms in total. The highest BCUT2D eigenvalue weighted by Gasteiger charge is 2.25. The molecule has 0 spiro atoms. The van der Waals surface area contributed by atoms with Crippen molar-refractivity contribution in [1.29, 1.82) is 0 Å². The summed E-state index contributed by atoms with van der Waals surface area (Å²) in [5, 5.41) is 9.61. The third-order valence-corrected chi connectivity index (χ3v) is 4.20. The Morgan fingerprint density at radius 1 is 1.35 bits per heavy atom. The largest absolute Gasteiger partial charge is 0.508 e. The molecule has 0 bridgehead atoms. The Morgan fingerprint density at radius 2 is 2.10 bits per heavy atom. The van der Waals surface area contributed by atoms with E-state index in [4.69, 9.17) is 5.73 Å². The summed E-state index contributed by atoms with van der Waals surface area (Å²) in [4.78, 5) is 4.81. The van der Waals surface area contributed by atoms with Gasteiger partial charge in [-0.3, -0.25) is 4.90 Å². The summed E-state index contributed by atoms with van der Waals surface area (Å²) in [6.45, 7) is 10.6. The van der Waals surface area contributed by atoms with Gasteiger partial charge in [-0.15, -0.1) is 0 Å². The van der Waals surface area contributed by atoms with Crippen molar-refractivity contribution in [2.45, 2.75) is 32.9 Å². The number of rotatable bonds is 4. The molecule has 0 saturated carbocycles. The highest BCUT2D eigenvalue weighted by atomic mass is 16.3. The van der Waals surface area contributed by atoms with Gasteiger partial charge in [-0.05, 0) is 25.0 Å². The number of hydrogen-bond donors (Lipinski definition) is 2. The summed E-state index contributed by atoms with van der Waals surface area (Å²) in [5.41, 5.74) is 7.27. The average Bonchev–Trinajstić information content (AvgIpc) is 2.38. The quantitative estimate of drug-likeness (QED) is 0.882. The predicted octanol–water partition coefficient (Wildman–Crippen LogP) is 1.89. The van der Waals surface area contributed by atoms with Crippen molar-refractivity contribution in [1.82, 2.24) is 4.90 Å². The van der Waals surface area contributed by atoms with Gasteiger partial charge in [0.25, 0.3) is 0 Å². The zero-order chi connectivity index (χ0) is 14.7. The average molecular weight is 277 g/mol. The molecular formula is C16H27N3O. The smallest absolute Gasteiger partial charge is 0.117 e. The van der Waals surface area contributed by atoms with Crippen LogP contribution in [0.25, 0.3) is 0 Å². The van der Waals surface area contributed by atoms with Crippen LogP contribution >= 0.6 is 0 Å². The first kappa shape index (κ1) is 15.1. The van der Waals surface area contributed by atoms with Gasteiger partial charge < -0.3 is 15.7 Å². The Bertz CT molecular complexity index is 435. The van der Waals surface area contributed by atoms with E-state index in [1.165, 1.54) is 0 Å². The van der Waals surface area contributed by atoms with Gasteiger partial charge in [-0.25, -0.2) is 0 Å². The van der Waals surface area contributed by atoms with Crippen molar-refractivity contribution < 1.29 is 5.11 Å². The zero-order valence-corrected chi connectivity index (χ0v) is 12.8. The van der Waals surface area contributed by atoms with Crippen LogP contribution in [0.5, 0.6) is 5.75 Å². The zero-order valence-electron chi connectivity index (χ0n) is 12.8. The second-order valence-corrected chi connectivity index (χ2v) is 6.23. The van der Waals surface area contributed by atoms with Gasteiger partial charge in [0.1, 0.15) is 5.75 Å². The van der Waals surface area contributed by atoms with E-state index in [1.54, 1.807) is 6.07 Å². The van der Waals surface area contributed by atoms with Crippen LogP contribution in [-0.4, -0.2) is 48.3 Å². The van der Waals surface area contributed by atoms with Gasteiger partial charge in [0.05, 0.1) is 0 Å². The normalized spacial score (nSPS) is 22.2. The first-order valence-electron chi connectivity index (χ1n) is 7.51. The van der Waals surface area contributed by atoms with Crippen molar-refractivity contribution >= 4 is 5.69 Å².